The van der Waals surface area contributed by atoms with E-state index in [9.17, 15) is 14.4 Å². The lowest BCUT2D eigenvalue weighted by molar-refractivity contribution is -0.134. The van der Waals surface area contributed by atoms with Crippen LogP contribution >= 0.6 is 0 Å². The molecule has 0 saturated heterocycles. The zero-order chi connectivity index (χ0) is 11.6. The largest absolute Gasteiger partial charge is 0.478 e. The minimum Gasteiger partial charge on any atom is -0.478 e. The second-order valence-electron chi connectivity index (χ2n) is 1.76. The van der Waals surface area contributed by atoms with Gasteiger partial charge in [0.25, 0.3) is 0 Å². The first-order chi connectivity index (χ1) is 6.40. The number of hydrogen-bond donors (Lipinski definition) is 3. The summed E-state index contributed by atoms with van der Waals surface area (Å²) in [6, 6.07) is 0. The Kier molecular flexibility index (Phi) is 9.35. The molecule has 0 spiro atoms. The van der Waals surface area contributed by atoms with E-state index < -0.39 is 18.0 Å². The van der Waals surface area contributed by atoms with Crippen molar-refractivity contribution < 1.29 is 29.3 Å². The van der Waals surface area contributed by atoms with E-state index >= 15 is 0 Å². The predicted molar refractivity (Wildman–Crippen MR) is 45.6 cm³/mol. The average molecular weight is 205 g/mol. The van der Waals surface area contributed by atoms with Crippen molar-refractivity contribution >= 4 is 18.0 Å². The highest BCUT2D eigenvalue weighted by Gasteiger charge is 1.88. The van der Waals surface area contributed by atoms with Gasteiger partial charge >= 0.3 is 18.0 Å². The van der Waals surface area contributed by atoms with Crippen molar-refractivity contribution in [2.24, 2.45) is 5.73 Å². The molecule has 0 aliphatic carbocycles. The maximum Gasteiger partial charge on any atom is 0.404 e. The van der Waals surface area contributed by atoms with Gasteiger partial charge in [-0.2, -0.15) is 0 Å². The molecule has 0 fully saturated rings. The van der Waals surface area contributed by atoms with Crippen LogP contribution < -0.4 is 5.73 Å². The molecule has 14 heavy (non-hydrogen) atoms. The van der Waals surface area contributed by atoms with Crippen molar-refractivity contribution in [2.75, 3.05) is 6.61 Å². The van der Waals surface area contributed by atoms with Gasteiger partial charge in [0.05, 0.1) is 6.61 Å². The number of aliphatic carboxylic acids is 2. The smallest absolute Gasteiger partial charge is 0.404 e. The second-order valence-corrected chi connectivity index (χ2v) is 1.76. The van der Waals surface area contributed by atoms with Crippen LogP contribution in [0.1, 0.15) is 6.92 Å². The zero-order valence-corrected chi connectivity index (χ0v) is 7.47. The molecule has 0 aromatic carbocycles. The molecule has 1 amide bonds. The highest BCUT2D eigenvalue weighted by Crippen LogP contribution is 1.70. The van der Waals surface area contributed by atoms with Crippen molar-refractivity contribution in [3.8, 4) is 0 Å². The molecule has 7 heteroatoms. The lowest BCUT2D eigenvalue weighted by Crippen LogP contribution is -2.11. The first-order valence-corrected chi connectivity index (χ1v) is 3.46. The Hall–Kier alpha value is -2.05. The maximum absolute atomic E-state index is 9.60. The van der Waals surface area contributed by atoms with Crippen LogP contribution in [0, 0.1) is 0 Å². The van der Waals surface area contributed by atoms with E-state index in [1.807, 2.05) is 0 Å². The van der Waals surface area contributed by atoms with E-state index in [1.54, 1.807) is 6.92 Å². The number of carbonyl (C=O) groups excluding carboxylic acids is 1. The van der Waals surface area contributed by atoms with Gasteiger partial charge in [-0.25, -0.2) is 14.4 Å². The van der Waals surface area contributed by atoms with Gasteiger partial charge in [-0.3, -0.25) is 0 Å². The summed E-state index contributed by atoms with van der Waals surface area (Å²) in [5, 5.41) is 15.6. The van der Waals surface area contributed by atoms with E-state index in [4.69, 9.17) is 10.2 Å². The predicted octanol–water partition coefficient (Wildman–Crippen LogP) is -0.187. The van der Waals surface area contributed by atoms with E-state index in [2.05, 4.69) is 10.5 Å². The van der Waals surface area contributed by atoms with Crippen LogP contribution in [0.2, 0.25) is 0 Å². The van der Waals surface area contributed by atoms with Gasteiger partial charge in [0.15, 0.2) is 0 Å². The number of carboxylic acids is 2. The summed E-state index contributed by atoms with van der Waals surface area (Å²) < 4.78 is 4.18. The highest BCUT2D eigenvalue weighted by atomic mass is 16.5. The third kappa shape index (κ3) is 22.5. The number of carbonyl (C=O) groups is 3. The summed E-state index contributed by atoms with van der Waals surface area (Å²) in [6.45, 7) is 2.06. The summed E-state index contributed by atoms with van der Waals surface area (Å²) in [6.07, 6.45) is 0.405. The topological polar surface area (TPSA) is 127 Å². The quantitative estimate of drug-likeness (QED) is 0.548. The number of rotatable bonds is 3. The van der Waals surface area contributed by atoms with Gasteiger partial charge in [0, 0.05) is 12.2 Å². The SMILES string of the molecule is CCOC(N)=O.O=C(O)/C=C/C(=O)O. The van der Waals surface area contributed by atoms with E-state index in [0.29, 0.717) is 18.8 Å². The minimum absolute atomic E-state index is 0.356. The van der Waals surface area contributed by atoms with Crippen LogP contribution in [0.5, 0.6) is 0 Å². The molecule has 80 valence electrons. The standard InChI is InChI=1S/C4H4O4.C3H7NO2/c5-3(6)1-2-4(7)8;1-2-6-3(4)5/h1-2H,(H,5,6)(H,7,8);2H2,1H3,(H2,4,5)/b2-1+;. The lowest BCUT2D eigenvalue weighted by atomic mass is 10.5. The van der Waals surface area contributed by atoms with Gasteiger partial charge in [-0.15, -0.1) is 0 Å². The van der Waals surface area contributed by atoms with Gasteiger partial charge in [-0.1, -0.05) is 0 Å². The molecular formula is C7H11NO6. The fourth-order valence-electron chi connectivity index (χ4n) is 0.285. The Balaban J connectivity index is 0. The highest BCUT2D eigenvalue weighted by molar-refractivity contribution is 5.89. The van der Waals surface area contributed by atoms with Crippen LogP contribution in [0.25, 0.3) is 0 Å². The van der Waals surface area contributed by atoms with E-state index in [-0.39, 0.29) is 0 Å². The Labute approximate surface area is 79.8 Å². The van der Waals surface area contributed by atoms with Gasteiger partial charge in [-0.05, 0) is 6.92 Å². The number of primary amides is 1. The van der Waals surface area contributed by atoms with E-state index in [0.717, 1.165) is 0 Å². The normalized spacial score (nSPS) is 8.64. The summed E-state index contributed by atoms with van der Waals surface area (Å²) in [4.78, 5) is 28.7. The number of amides is 1. The molecular weight excluding hydrogens is 194 g/mol. The average Bonchev–Trinajstić information content (AvgIpc) is 2.01. The van der Waals surface area contributed by atoms with Crippen molar-refractivity contribution in [1.29, 1.82) is 0 Å². The molecule has 0 rings (SSSR count). The minimum atomic E-state index is -1.26. The second kappa shape index (κ2) is 9.04. The van der Waals surface area contributed by atoms with Crippen LogP contribution in [-0.2, 0) is 14.3 Å². The summed E-state index contributed by atoms with van der Waals surface area (Å²) in [7, 11) is 0. The monoisotopic (exact) mass is 205 g/mol. The fraction of sp³-hybridized carbons (Fsp3) is 0.286. The number of ether oxygens (including phenoxy) is 1. The molecule has 0 atom stereocenters. The molecule has 0 heterocycles. The number of carboxylic acid groups (broad SMARTS) is 2. The third-order valence-electron chi connectivity index (χ3n) is 0.655. The molecule has 4 N–H and O–H groups in total. The molecule has 0 unspecified atom stereocenters. The van der Waals surface area contributed by atoms with Crippen LogP contribution in [0.15, 0.2) is 12.2 Å². The molecule has 0 aromatic rings. The van der Waals surface area contributed by atoms with Crippen LogP contribution in [0.3, 0.4) is 0 Å². The molecule has 0 aromatic heterocycles. The van der Waals surface area contributed by atoms with Gasteiger partial charge in [0.2, 0.25) is 0 Å². The summed E-state index contributed by atoms with van der Waals surface area (Å²) in [5.41, 5.74) is 4.54. The third-order valence-corrected chi connectivity index (χ3v) is 0.655. The molecule has 0 aliphatic rings. The maximum atomic E-state index is 9.60. The fourth-order valence-corrected chi connectivity index (χ4v) is 0.285. The molecule has 0 aliphatic heterocycles. The first-order valence-electron chi connectivity index (χ1n) is 3.46. The Morgan fingerprint density at radius 3 is 1.64 bits per heavy atom. The van der Waals surface area contributed by atoms with Crippen molar-refractivity contribution in [1.82, 2.24) is 0 Å². The first kappa shape index (κ1) is 14.5. The van der Waals surface area contributed by atoms with Crippen LogP contribution in [0.4, 0.5) is 4.79 Å². The summed E-state index contributed by atoms with van der Waals surface area (Å²) >= 11 is 0. The molecule has 0 saturated carbocycles. The van der Waals surface area contributed by atoms with Gasteiger partial charge < -0.3 is 20.7 Å². The zero-order valence-electron chi connectivity index (χ0n) is 7.47. The Bertz CT molecular complexity index is 218. The number of nitrogens with two attached hydrogens (primary N) is 1. The van der Waals surface area contributed by atoms with Crippen molar-refractivity contribution in [2.45, 2.75) is 6.92 Å². The molecule has 0 bridgehead atoms. The van der Waals surface area contributed by atoms with Crippen molar-refractivity contribution in [3.63, 3.8) is 0 Å². The Morgan fingerprint density at radius 2 is 1.57 bits per heavy atom. The van der Waals surface area contributed by atoms with Crippen LogP contribution in [-0.4, -0.2) is 34.9 Å². The molecule has 7 nitrogen and oxygen atoms in total. The molecule has 0 radical (unpaired) electrons. The lowest BCUT2D eigenvalue weighted by Gasteiger charge is -1.89. The van der Waals surface area contributed by atoms with Crippen molar-refractivity contribution in [3.05, 3.63) is 12.2 Å². The number of hydrogen-bond acceptors (Lipinski definition) is 4. The van der Waals surface area contributed by atoms with E-state index in [1.165, 1.54) is 0 Å². The Morgan fingerprint density at radius 1 is 1.21 bits per heavy atom. The van der Waals surface area contributed by atoms with Gasteiger partial charge in [0.1, 0.15) is 0 Å². The summed E-state index contributed by atoms with van der Waals surface area (Å²) in [5.74, 6) is -2.51.